The van der Waals surface area contributed by atoms with Crippen molar-refractivity contribution in [3.05, 3.63) is 36.5 Å². The van der Waals surface area contributed by atoms with E-state index >= 15 is 0 Å². The third-order valence-electron chi connectivity index (χ3n) is 11.1. The number of carbonyl (C=O) groups excluding carboxylic acids is 3. The largest absolute Gasteiger partial charge is 0.544 e. The summed E-state index contributed by atoms with van der Waals surface area (Å²) in [4.78, 5) is 36.9. The number of aliphatic carboxylic acids is 1. The van der Waals surface area contributed by atoms with Gasteiger partial charge in [0.25, 0.3) is 0 Å². The van der Waals surface area contributed by atoms with Crippen LogP contribution in [0.2, 0.25) is 0 Å². The number of carboxylic acid groups (broad SMARTS) is 1. The predicted octanol–water partition coefficient (Wildman–Crippen LogP) is 12.5. The van der Waals surface area contributed by atoms with E-state index in [-0.39, 0.29) is 42.7 Å². The summed E-state index contributed by atoms with van der Waals surface area (Å²) in [6.45, 7) is 4.53. The normalized spacial score (nSPS) is 13.2. The maximum absolute atomic E-state index is 12.8. The average molecular weight is 832 g/mol. The molecule has 0 aromatic carbocycles. The van der Waals surface area contributed by atoms with Crippen LogP contribution in [0.3, 0.4) is 0 Å². The van der Waals surface area contributed by atoms with Crippen LogP contribution >= 0.6 is 0 Å². The number of carbonyl (C=O) groups is 3. The number of ether oxygens (including phenoxy) is 3. The Kier molecular flexibility index (Phi) is 40.5. The van der Waals surface area contributed by atoms with Crippen LogP contribution in [0.15, 0.2) is 36.5 Å². The van der Waals surface area contributed by atoms with Crippen LogP contribution in [0.1, 0.15) is 219 Å². The Balaban J connectivity index is 4.20. The molecule has 344 valence electrons. The second-order valence-corrected chi connectivity index (χ2v) is 17.7. The number of esters is 2. The van der Waals surface area contributed by atoms with Crippen molar-refractivity contribution < 1.29 is 38.2 Å². The number of carboxylic acids is 1. The van der Waals surface area contributed by atoms with Crippen molar-refractivity contribution in [3.63, 3.8) is 0 Å². The van der Waals surface area contributed by atoms with Gasteiger partial charge in [-0.25, -0.2) is 0 Å². The van der Waals surface area contributed by atoms with Gasteiger partial charge in [-0.3, -0.25) is 9.59 Å². The number of hydrogen-bond acceptors (Lipinski definition) is 7. The number of unbranched alkanes of at least 4 members (excludes halogenated alkanes) is 26. The minimum atomic E-state index is -1.13. The van der Waals surface area contributed by atoms with E-state index < -0.39 is 18.1 Å². The molecule has 2 unspecified atom stereocenters. The van der Waals surface area contributed by atoms with E-state index in [1.807, 2.05) is 6.08 Å². The molecule has 0 saturated heterocycles. The zero-order valence-electron chi connectivity index (χ0n) is 39.2. The van der Waals surface area contributed by atoms with Crippen LogP contribution in [0.4, 0.5) is 0 Å². The topological polar surface area (TPSA) is 102 Å². The summed E-state index contributed by atoms with van der Waals surface area (Å²) in [6, 6.07) is -0.727. The van der Waals surface area contributed by atoms with E-state index in [1.165, 1.54) is 122 Å². The molecule has 0 aromatic rings. The van der Waals surface area contributed by atoms with Crippen molar-refractivity contribution in [2.24, 2.45) is 0 Å². The number of rotatable bonds is 44. The molecule has 2 atom stereocenters. The van der Waals surface area contributed by atoms with Crippen molar-refractivity contribution >= 4 is 17.9 Å². The number of hydrogen-bond donors (Lipinski definition) is 0. The van der Waals surface area contributed by atoms with E-state index in [9.17, 15) is 19.5 Å². The van der Waals surface area contributed by atoms with Crippen LogP contribution in [-0.4, -0.2) is 75.5 Å². The van der Waals surface area contributed by atoms with Gasteiger partial charge in [-0.05, 0) is 32.1 Å². The first-order valence-corrected chi connectivity index (χ1v) is 24.5. The summed E-state index contributed by atoms with van der Waals surface area (Å²) >= 11 is 0. The Labute approximate surface area is 364 Å². The molecule has 0 amide bonds. The Bertz CT molecular complexity index is 1060. The first kappa shape index (κ1) is 56.5. The van der Waals surface area contributed by atoms with Crippen molar-refractivity contribution in [1.29, 1.82) is 0 Å². The quantitative estimate of drug-likeness (QED) is 0.0261. The van der Waals surface area contributed by atoms with Crippen molar-refractivity contribution in [2.75, 3.05) is 41.0 Å². The molecule has 0 N–H and O–H groups in total. The summed E-state index contributed by atoms with van der Waals surface area (Å²) in [5.74, 6) is -1.75. The Morgan fingerprint density at radius 1 is 0.525 bits per heavy atom. The third kappa shape index (κ3) is 40.7. The maximum atomic E-state index is 12.8. The Morgan fingerprint density at radius 2 is 0.949 bits per heavy atom. The van der Waals surface area contributed by atoms with Gasteiger partial charge in [-0.1, -0.05) is 204 Å². The average Bonchev–Trinajstić information content (AvgIpc) is 3.19. The molecule has 0 bridgehead atoms. The second-order valence-electron chi connectivity index (χ2n) is 17.7. The lowest BCUT2D eigenvalue weighted by Gasteiger charge is -2.34. The highest BCUT2D eigenvalue weighted by Crippen LogP contribution is 2.16. The lowest BCUT2D eigenvalue weighted by atomic mass is 10.0. The van der Waals surface area contributed by atoms with Gasteiger partial charge in [0.2, 0.25) is 0 Å². The SMILES string of the molecule is CC/C=C/C=C/C=C/CCCCCCCC(=O)OCC(COCCC(C(=O)[O-])[N+](C)(C)C)OC(=O)CCCCCCCCCCCCCCCCCCCCCCCC. The first-order chi connectivity index (χ1) is 28.6. The Hall–Kier alpha value is -2.45. The molecule has 0 aromatic heterocycles. The summed E-state index contributed by atoms with van der Waals surface area (Å²) in [7, 11) is 5.41. The van der Waals surface area contributed by atoms with E-state index in [2.05, 4.69) is 44.2 Å². The minimum Gasteiger partial charge on any atom is -0.544 e. The second kappa shape index (κ2) is 42.2. The maximum Gasteiger partial charge on any atom is 0.306 e. The van der Waals surface area contributed by atoms with Crippen molar-refractivity contribution in [1.82, 2.24) is 0 Å². The molecule has 59 heavy (non-hydrogen) atoms. The van der Waals surface area contributed by atoms with Crippen LogP contribution in [-0.2, 0) is 28.6 Å². The molecular formula is C51H93NO7. The van der Waals surface area contributed by atoms with Gasteiger partial charge in [-0.2, -0.15) is 0 Å². The third-order valence-corrected chi connectivity index (χ3v) is 11.1. The first-order valence-electron chi connectivity index (χ1n) is 24.5. The summed E-state index contributed by atoms with van der Waals surface area (Å²) in [5.41, 5.74) is 0. The molecule has 0 fully saturated rings. The van der Waals surface area contributed by atoms with E-state index in [0.717, 1.165) is 64.2 Å². The van der Waals surface area contributed by atoms with E-state index in [1.54, 1.807) is 21.1 Å². The molecule has 0 aliphatic heterocycles. The molecule has 0 saturated carbocycles. The predicted molar refractivity (Wildman–Crippen MR) is 245 cm³/mol. The summed E-state index contributed by atoms with van der Waals surface area (Å²) in [6.07, 6.45) is 49.0. The molecule has 8 heteroatoms. The molecular weight excluding hydrogens is 739 g/mol. The molecule has 0 heterocycles. The van der Waals surface area contributed by atoms with Crippen LogP contribution in [0.25, 0.3) is 0 Å². The molecule has 8 nitrogen and oxygen atoms in total. The standard InChI is InChI=1S/C51H93NO7/c1-6-8-10-12-14-16-18-20-21-22-23-24-25-26-27-28-30-32-34-36-38-40-42-50(54)59-47(45-57-44-43-48(51(55)56)52(3,4)5)46-58-49(53)41-39-37-35-33-31-29-19-17-15-13-11-9-7-2/h9,11,13,15,17,19,47-48H,6-8,10,12,14,16,18,20-46H2,1-5H3/b11-9+,15-13+,19-17+. The minimum absolute atomic E-state index is 0.0367. The van der Waals surface area contributed by atoms with Crippen molar-refractivity contribution in [3.8, 4) is 0 Å². The summed E-state index contributed by atoms with van der Waals surface area (Å²) < 4.78 is 17.2. The van der Waals surface area contributed by atoms with Crippen LogP contribution in [0.5, 0.6) is 0 Å². The van der Waals surface area contributed by atoms with Gasteiger partial charge < -0.3 is 28.6 Å². The molecule has 0 aliphatic carbocycles. The lowest BCUT2D eigenvalue weighted by molar-refractivity contribution is -0.889. The fourth-order valence-electron chi connectivity index (χ4n) is 7.31. The number of nitrogens with zero attached hydrogens (tertiary/aromatic N) is 1. The van der Waals surface area contributed by atoms with Gasteiger partial charge in [-0.15, -0.1) is 0 Å². The van der Waals surface area contributed by atoms with Crippen LogP contribution < -0.4 is 5.11 Å². The van der Waals surface area contributed by atoms with E-state index in [0.29, 0.717) is 12.8 Å². The molecule has 0 rings (SSSR count). The van der Waals surface area contributed by atoms with E-state index in [4.69, 9.17) is 14.2 Å². The zero-order chi connectivity index (χ0) is 43.5. The van der Waals surface area contributed by atoms with Gasteiger partial charge in [0.15, 0.2) is 6.10 Å². The highest BCUT2D eigenvalue weighted by atomic mass is 16.6. The highest BCUT2D eigenvalue weighted by molar-refractivity contribution is 5.70. The lowest BCUT2D eigenvalue weighted by Crippen LogP contribution is -2.55. The van der Waals surface area contributed by atoms with Gasteiger partial charge in [0.1, 0.15) is 12.6 Å². The smallest absolute Gasteiger partial charge is 0.306 e. The van der Waals surface area contributed by atoms with Gasteiger partial charge in [0.05, 0.1) is 40.3 Å². The fourth-order valence-corrected chi connectivity index (χ4v) is 7.31. The fraction of sp³-hybridized carbons (Fsp3) is 0.824. The molecule has 0 radical (unpaired) electrons. The molecule has 0 spiro atoms. The van der Waals surface area contributed by atoms with Crippen LogP contribution in [0, 0.1) is 0 Å². The number of likely N-dealkylation sites (N-methyl/N-ethyl adjacent to an activating group) is 1. The van der Waals surface area contributed by atoms with Gasteiger partial charge in [0, 0.05) is 19.3 Å². The summed E-state index contributed by atoms with van der Waals surface area (Å²) in [5, 5.41) is 11.6. The van der Waals surface area contributed by atoms with Crippen molar-refractivity contribution in [2.45, 2.75) is 231 Å². The number of allylic oxidation sites excluding steroid dienone is 6. The zero-order valence-corrected chi connectivity index (χ0v) is 39.2. The highest BCUT2D eigenvalue weighted by Gasteiger charge is 2.25. The monoisotopic (exact) mass is 832 g/mol. The Morgan fingerprint density at radius 3 is 1.39 bits per heavy atom. The number of quaternary nitrogens is 1. The van der Waals surface area contributed by atoms with Gasteiger partial charge >= 0.3 is 11.9 Å². The molecule has 0 aliphatic rings.